The van der Waals surface area contributed by atoms with Crippen molar-refractivity contribution in [1.82, 2.24) is 10.6 Å². The maximum absolute atomic E-state index is 13.4. The third-order valence-electron chi connectivity index (χ3n) is 3.93. The van der Waals surface area contributed by atoms with E-state index in [2.05, 4.69) is 10.6 Å². The van der Waals surface area contributed by atoms with Crippen LogP contribution >= 0.6 is 0 Å². The number of hydrogen-bond donors (Lipinski definition) is 2. The van der Waals surface area contributed by atoms with Crippen LogP contribution in [-0.2, 0) is 17.5 Å². The second kappa shape index (κ2) is 9.84. The lowest BCUT2D eigenvalue weighted by Crippen LogP contribution is -2.34. The zero-order valence-corrected chi connectivity index (χ0v) is 17.5. The van der Waals surface area contributed by atoms with Crippen LogP contribution < -0.4 is 15.4 Å². The van der Waals surface area contributed by atoms with Gasteiger partial charge in [-0.2, -0.15) is 13.2 Å². The molecule has 164 valence electrons. The first kappa shape index (κ1) is 23.5. The maximum atomic E-state index is 13.4. The lowest BCUT2D eigenvalue weighted by molar-refractivity contribution is -0.137. The molecule has 2 aromatic carbocycles. The molecule has 0 bridgehead atoms. The average Bonchev–Trinajstić information content (AvgIpc) is 2.63. The van der Waals surface area contributed by atoms with Gasteiger partial charge in [-0.15, -0.1) is 0 Å². The SMILES string of the molecule is CNCc1cc(OCCNC(=O)OC(C)(C)C)cc(-c2ccccc2C(F)(F)F)c1. The van der Waals surface area contributed by atoms with Gasteiger partial charge in [0, 0.05) is 6.54 Å². The Hall–Kier alpha value is -2.74. The number of carbonyl (C=O) groups is 1. The Morgan fingerprint density at radius 3 is 2.40 bits per heavy atom. The summed E-state index contributed by atoms with van der Waals surface area (Å²) in [5, 5.41) is 5.56. The largest absolute Gasteiger partial charge is 0.492 e. The van der Waals surface area contributed by atoms with Crippen molar-refractivity contribution in [1.29, 1.82) is 0 Å². The van der Waals surface area contributed by atoms with Crippen molar-refractivity contribution < 1.29 is 27.4 Å². The van der Waals surface area contributed by atoms with Crippen LogP contribution in [0.5, 0.6) is 5.75 Å². The number of alkyl halides is 3. The van der Waals surface area contributed by atoms with Crippen molar-refractivity contribution in [3.8, 4) is 16.9 Å². The Morgan fingerprint density at radius 2 is 1.77 bits per heavy atom. The Labute approximate surface area is 174 Å². The van der Waals surface area contributed by atoms with Crippen LogP contribution in [0.4, 0.5) is 18.0 Å². The summed E-state index contributed by atoms with van der Waals surface area (Å²) < 4.78 is 51.1. The molecule has 0 fully saturated rings. The minimum absolute atomic E-state index is 0.0830. The monoisotopic (exact) mass is 424 g/mol. The lowest BCUT2D eigenvalue weighted by Gasteiger charge is -2.19. The predicted octanol–water partition coefficient (Wildman–Crippen LogP) is 5.00. The highest BCUT2D eigenvalue weighted by Gasteiger charge is 2.33. The van der Waals surface area contributed by atoms with E-state index in [0.29, 0.717) is 17.9 Å². The van der Waals surface area contributed by atoms with Crippen LogP contribution in [-0.4, -0.2) is 31.9 Å². The van der Waals surface area contributed by atoms with E-state index < -0.39 is 23.4 Å². The van der Waals surface area contributed by atoms with Crippen molar-refractivity contribution in [3.05, 3.63) is 53.6 Å². The number of benzene rings is 2. The fraction of sp³-hybridized carbons (Fsp3) is 0.409. The van der Waals surface area contributed by atoms with Crippen LogP contribution in [0.15, 0.2) is 42.5 Å². The first-order chi connectivity index (χ1) is 14.0. The number of hydrogen-bond acceptors (Lipinski definition) is 4. The summed E-state index contributed by atoms with van der Waals surface area (Å²) in [5.41, 5.74) is -0.0376. The maximum Gasteiger partial charge on any atom is 0.417 e. The summed E-state index contributed by atoms with van der Waals surface area (Å²) in [7, 11) is 1.75. The van der Waals surface area contributed by atoms with E-state index in [-0.39, 0.29) is 18.7 Å². The molecule has 0 radical (unpaired) electrons. The van der Waals surface area contributed by atoms with Crippen molar-refractivity contribution in [3.63, 3.8) is 0 Å². The van der Waals surface area contributed by atoms with Gasteiger partial charge in [0.15, 0.2) is 0 Å². The smallest absolute Gasteiger partial charge is 0.417 e. The van der Waals surface area contributed by atoms with Gasteiger partial charge in [0.2, 0.25) is 0 Å². The molecule has 5 nitrogen and oxygen atoms in total. The first-order valence-electron chi connectivity index (χ1n) is 9.54. The minimum atomic E-state index is -4.46. The number of nitrogens with one attached hydrogen (secondary N) is 2. The Bertz CT molecular complexity index is 861. The van der Waals surface area contributed by atoms with Crippen LogP contribution in [0, 0.1) is 0 Å². The molecule has 0 atom stereocenters. The van der Waals surface area contributed by atoms with E-state index in [1.165, 1.54) is 12.1 Å². The molecule has 2 rings (SSSR count). The van der Waals surface area contributed by atoms with Gasteiger partial charge in [-0.05, 0) is 68.8 Å². The van der Waals surface area contributed by atoms with Crippen LogP contribution in [0.3, 0.4) is 0 Å². The van der Waals surface area contributed by atoms with E-state index in [1.54, 1.807) is 52.1 Å². The summed E-state index contributed by atoms with van der Waals surface area (Å²) in [6.07, 6.45) is -5.02. The molecule has 8 heteroatoms. The van der Waals surface area contributed by atoms with Gasteiger partial charge in [-0.25, -0.2) is 4.79 Å². The number of halogens is 3. The highest BCUT2D eigenvalue weighted by atomic mass is 19.4. The van der Waals surface area contributed by atoms with Crippen LogP contribution in [0.25, 0.3) is 11.1 Å². The number of carbonyl (C=O) groups excluding carboxylic acids is 1. The minimum Gasteiger partial charge on any atom is -0.492 e. The topological polar surface area (TPSA) is 59.6 Å². The average molecular weight is 424 g/mol. The summed E-state index contributed by atoms with van der Waals surface area (Å²) in [5.74, 6) is 0.417. The second-order valence-electron chi connectivity index (χ2n) is 7.72. The van der Waals surface area contributed by atoms with Gasteiger partial charge in [-0.3, -0.25) is 0 Å². The molecule has 0 aliphatic rings. The summed E-state index contributed by atoms with van der Waals surface area (Å²) in [6, 6.07) is 10.5. The Morgan fingerprint density at radius 1 is 1.07 bits per heavy atom. The molecule has 0 unspecified atom stereocenters. The first-order valence-corrected chi connectivity index (χ1v) is 9.54. The lowest BCUT2D eigenvalue weighted by atomic mass is 9.97. The van der Waals surface area contributed by atoms with Crippen LogP contribution in [0.2, 0.25) is 0 Å². The van der Waals surface area contributed by atoms with Gasteiger partial charge in [0.1, 0.15) is 18.0 Å². The zero-order chi connectivity index (χ0) is 22.4. The van der Waals surface area contributed by atoms with E-state index in [0.717, 1.165) is 11.6 Å². The number of rotatable bonds is 7. The van der Waals surface area contributed by atoms with Crippen molar-refractivity contribution >= 4 is 6.09 Å². The molecule has 0 aliphatic heterocycles. The molecule has 0 saturated heterocycles. The zero-order valence-electron chi connectivity index (χ0n) is 17.5. The molecule has 2 aromatic rings. The fourth-order valence-corrected chi connectivity index (χ4v) is 2.82. The molecule has 30 heavy (non-hydrogen) atoms. The van der Waals surface area contributed by atoms with Crippen molar-refractivity contribution in [2.45, 2.75) is 39.1 Å². The highest BCUT2D eigenvalue weighted by molar-refractivity contribution is 5.70. The summed E-state index contributed by atoms with van der Waals surface area (Å²) >= 11 is 0. The van der Waals surface area contributed by atoms with Gasteiger partial charge in [0.05, 0.1) is 12.1 Å². The normalized spacial score (nSPS) is 11.8. The number of alkyl carbamates (subject to hydrolysis) is 1. The Kier molecular flexibility index (Phi) is 7.72. The van der Waals surface area contributed by atoms with Gasteiger partial charge < -0.3 is 20.1 Å². The van der Waals surface area contributed by atoms with E-state index in [1.807, 2.05) is 0 Å². The number of amides is 1. The molecule has 0 saturated carbocycles. The van der Waals surface area contributed by atoms with Gasteiger partial charge >= 0.3 is 12.3 Å². The van der Waals surface area contributed by atoms with Crippen molar-refractivity contribution in [2.24, 2.45) is 0 Å². The number of ether oxygens (including phenoxy) is 2. The molecular weight excluding hydrogens is 397 g/mol. The second-order valence-corrected chi connectivity index (χ2v) is 7.72. The van der Waals surface area contributed by atoms with E-state index >= 15 is 0 Å². The van der Waals surface area contributed by atoms with Gasteiger partial charge in [0.25, 0.3) is 0 Å². The molecule has 0 spiro atoms. The molecule has 0 heterocycles. The third kappa shape index (κ3) is 7.26. The molecule has 0 aliphatic carbocycles. The van der Waals surface area contributed by atoms with E-state index in [4.69, 9.17) is 9.47 Å². The predicted molar refractivity (Wildman–Crippen MR) is 109 cm³/mol. The van der Waals surface area contributed by atoms with Crippen LogP contribution in [0.1, 0.15) is 31.9 Å². The molecule has 1 amide bonds. The highest BCUT2D eigenvalue weighted by Crippen LogP contribution is 2.38. The Balaban J connectivity index is 2.17. The van der Waals surface area contributed by atoms with E-state index in [9.17, 15) is 18.0 Å². The quantitative estimate of drug-likeness (QED) is 0.615. The molecule has 2 N–H and O–H groups in total. The third-order valence-corrected chi connectivity index (χ3v) is 3.93. The van der Waals surface area contributed by atoms with Crippen molar-refractivity contribution in [2.75, 3.05) is 20.2 Å². The standard InChI is InChI=1S/C22H27F3N2O3/c1-21(2,3)30-20(28)27-9-10-29-17-12-15(14-26-4)11-16(13-17)18-7-5-6-8-19(18)22(23,24)25/h5-8,11-13,26H,9-10,14H2,1-4H3,(H,27,28). The van der Waals surface area contributed by atoms with Gasteiger partial charge in [-0.1, -0.05) is 18.2 Å². The molecular formula is C22H27F3N2O3. The molecule has 0 aromatic heterocycles. The summed E-state index contributed by atoms with van der Waals surface area (Å²) in [4.78, 5) is 11.7. The summed E-state index contributed by atoms with van der Waals surface area (Å²) in [6.45, 7) is 6.08. The fourth-order valence-electron chi connectivity index (χ4n) is 2.82.